The van der Waals surface area contributed by atoms with E-state index in [1.807, 2.05) is 0 Å². The molecule has 12 heteroatoms. The SMILES string of the molecule is COCCCn1c(=O)n(C2CCOc3c(F)ccc(F)c32)c2nc(-n3cnc4ccc(F)cc43)ncc21. The molecule has 0 saturated heterocycles. The Balaban J connectivity index is 1.59. The van der Waals surface area contributed by atoms with Gasteiger partial charge in [0.2, 0.25) is 5.95 Å². The zero-order chi connectivity index (χ0) is 25.7. The number of hydrogen-bond acceptors (Lipinski definition) is 6. The molecule has 0 bridgehead atoms. The van der Waals surface area contributed by atoms with Crippen LogP contribution in [0.15, 0.2) is 47.7 Å². The molecule has 0 saturated carbocycles. The Kier molecular flexibility index (Phi) is 5.67. The van der Waals surface area contributed by atoms with Gasteiger partial charge >= 0.3 is 5.69 Å². The average Bonchev–Trinajstić information content (AvgIpc) is 3.43. The topological polar surface area (TPSA) is 89.0 Å². The summed E-state index contributed by atoms with van der Waals surface area (Å²) in [5, 5.41) is 0. The monoisotopic (exact) mass is 510 g/mol. The number of rotatable bonds is 6. The first-order valence-electron chi connectivity index (χ1n) is 11.7. The molecule has 0 spiro atoms. The van der Waals surface area contributed by atoms with Crippen LogP contribution in [0.1, 0.15) is 24.4 Å². The van der Waals surface area contributed by atoms with Crippen LogP contribution in [0.25, 0.3) is 28.1 Å². The summed E-state index contributed by atoms with van der Waals surface area (Å²) in [4.78, 5) is 27.1. The smallest absolute Gasteiger partial charge is 0.330 e. The minimum atomic E-state index is -0.863. The molecule has 0 N–H and O–H groups in total. The largest absolute Gasteiger partial charge is 0.490 e. The minimum Gasteiger partial charge on any atom is -0.490 e. The van der Waals surface area contributed by atoms with Crippen LogP contribution in [-0.2, 0) is 11.3 Å². The van der Waals surface area contributed by atoms with E-state index < -0.39 is 29.2 Å². The van der Waals surface area contributed by atoms with E-state index in [0.717, 1.165) is 12.1 Å². The molecule has 190 valence electrons. The van der Waals surface area contributed by atoms with Crippen molar-refractivity contribution < 1.29 is 22.6 Å². The number of hydrogen-bond donors (Lipinski definition) is 0. The third-order valence-electron chi connectivity index (χ3n) is 6.53. The van der Waals surface area contributed by atoms with Crippen molar-refractivity contribution in [3.63, 3.8) is 0 Å². The van der Waals surface area contributed by atoms with E-state index in [9.17, 15) is 13.6 Å². The summed E-state index contributed by atoms with van der Waals surface area (Å²) in [6, 6.07) is 5.31. The lowest BCUT2D eigenvalue weighted by Gasteiger charge is -2.27. The summed E-state index contributed by atoms with van der Waals surface area (Å²) in [7, 11) is 1.57. The third-order valence-corrected chi connectivity index (χ3v) is 6.53. The zero-order valence-corrected chi connectivity index (χ0v) is 19.7. The van der Waals surface area contributed by atoms with Gasteiger partial charge in [-0.3, -0.25) is 13.7 Å². The van der Waals surface area contributed by atoms with Gasteiger partial charge in [0, 0.05) is 32.7 Å². The number of benzene rings is 2. The van der Waals surface area contributed by atoms with Crippen LogP contribution >= 0.6 is 0 Å². The fraction of sp³-hybridized carbons (Fsp3) is 0.280. The van der Waals surface area contributed by atoms with Crippen molar-refractivity contribution in [3.8, 4) is 11.7 Å². The fourth-order valence-electron chi connectivity index (χ4n) is 4.85. The maximum atomic E-state index is 15.0. The Morgan fingerprint density at radius 3 is 2.78 bits per heavy atom. The number of aryl methyl sites for hydroxylation is 1. The quantitative estimate of drug-likeness (QED) is 0.323. The van der Waals surface area contributed by atoms with Gasteiger partial charge in [-0.2, -0.15) is 4.98 Å². The van der Waals surface area contributed by atoms with Gasteiger partial charge in [-0.1, -0.05) is 0 Å². The fourth-order valence-corrected chi connectivity index (χ4v) is 4.85. The lowest BCUT2D eigenvalue weighted by molar-refractivity contribution is 0.190. The van der Waals surface area contributed by atoms with Crippen molar-refractivity contribution in [3.05, 3.63) is 76.4 Å². The molecule has 37 heavy (non-hydrogen) atoms. The molecule has 0 aliphatic carbocycles. The van der Waals surface area contributed by atoms with Crippen molar-refractivity contribution in [2.24, 2.45) is 0 Å². The standard InChI is InChI=1S/C25H21F3N6O3/c1-36-9-2-8-32-20-12-29-24(33-13-30-17-6-3-14(26)11-19(17)33)31-23(20)34(25(32)35)18-7-10-37-22-16(28)5-4-15(27)21(18)22/h3-6,11-13,18H,2,7-10H2,1H3. The Labute approximate surface area is 207 Å². The van der Waals surface area contributed by atoms with Gasteiger partial charge in [0.05, 0.1) is 35.4 Å². The molecule has 0 amide bonds. The maximum absolute atomic E-state index is 15.0. The minimum absolute atomic E-state index is 0.0420. The summed E-state index contributed by atoms with van der Waals surface area (Å²) in [6.45, 7) is 0.814. The molecule has 5 aromatic rings. The molecule has 1 unspecified atom stereocenters. The zero-order valence-electron chi connectivity index (χ0n) is 19.7. The van der Waals surface area contributed by atoms with Gasteiger partial charge in [0.1, 0.15) is 23.5 Å². The predicted molar refractivity (Wildman–Crippen MR) is 127 cm³/mol. The number of halogens is 3. The highest BCUT2D eigenvalue weighted by Gasteiger charge is 2.33. The van der Waals surface area contributed by atoms with E-state index in [-0.39, 0.29) is 35.9 Å². The second-order valence-corrected chi connectivity index (χ2v) is 8.70. The first-order valence-corrected chi connectivity index (χ1v) is 11.7. The maximum Gasteiger partial charge on any atom is 0.330 e. The molecule has 3 aromatic heterocycles. The second kappa shape index (κ2) is 9.04. The van der Waals surface area contributed by atoms with Crippen molar-refractivity contribution in [1.82, 2.24) is 28.7 Å². The van der Waals surface area contributed by atoms with E-state index in [2.05, 4.69) is 15.0 Å². The number of methoxy groups -OCH3 is 1. The molecule has 0 radical (unpaired) electrons. The van der Waals surface area contributed by atoms with Crippen molar-refractivity contribution in [2.45, 2.75) is 25.4 Å². The van der Waals surface area contributed by atoms with Crippen LogP contribution in [-0.4, -0.2) is 49.0 Å². The van der Waals surface area contributed by atoms with Gasteiger partial charge in [0.15, 0.2) is 17.2 Å². The number of aromatic nitrogens is 6. The molecule has 1 atom stereocenters. The summed E-state index contributed by atoms with van der Waals surface area (Å²) in [5.74, 6) is -1.91. The van der Waals surface area contributed by atoms with Gasteiger partial charge in [0.25, 0.3) is 0 Å². The highest BCUT2D eigenvalue weighted by atomic mass is 19.1. The van der Waals surface area contributed by atoms with Crippen molar-refractivity contribution in [2.75, 3.05) is 20.3 Å². The highest BCUT2D eigenvalue weighted by molar-refractivity contribution is 5.78. The van der Waals surface area contributed by atoms with E-state index >= 15 is 4.39 Å². The summed E-state index contributed by atoms with van der Waals surface area (Å²) < 4.78 is 58.4. The predicted octanol–water partition coefficient (Wildman–Crippen LogP) is 3.76. The van der Waals surface area contributed by atoms with Crippen LogP contribution in [0.2, 0.25) is 0 Å². The van der Waals surface area contributed by atoms with Gasteiger partial charge < -0.3 is 9.47 Å². The normalized spacial score (nSPS) is 15.3. The first kappa shape index (κ1) is 23.2. The van der Waals surface area contributed by atoms with Crippen molar-refractivity contribution in [1.29, 1.82) is 0 Å². The molecule has 0 fully saturated rings. The molecular formula is C25H21F3N6O3. The lowest BCUT2D eigenvalue weighted by atomic mass is 9.99. The number of nitrogens with zero attached hydrogens (tertiary/aromatic N) is 6. The number of imidazole rings is 2. The van der Waals surface area contributed by atoms with Gasteiger partial charge in [-0.25, -0.2) is 27.9 Å². The molecule has 6 rings (SSSR count). The van der Waals surface area contributed by atoms with Crippen LogP contribution in [0.5, 0.6) is 5.75 Å². The lowest BCUT2D eigenvalue weighted by Crippen LogP contribution is -2.32. The summed E-state index contributed by atoms with van der Waals surface area (Å²) in [6.07, 6.45) is 3.72. The Morgan fingerprint density at radius 1 is 1.11 bits per heavy atom. The molecular weight excluding hydrogens is 489 g/mol. The Morgan fingerprint density at radius 2 is 1.95 bits per heavy atom. The van der Waals surface area contributed by atoms with E-state index in [1.54, 1.807) is 7.11 Å². The molecule has 2 aromatic carbocycles. The summed E-state index contributed by atoms with van der Waals surface area (Å²) >= 11 is 0. The number of fused-ring (bicyclic) bond motifs is 3. The van der Waals surface area contributed by atoms with E-state index in [1.165, 1.54) is 44.4 Å². The Hall–Kier alpha value is -4.19. The van der Waals surface area contributed by atoms with Gasteiger partial charge in [-0.15, -0.1) is 0 Å². The van der Waals surface area contributed by atoms with Crippen LogP contribution in [0.3, 0.4) is 0 Å². The summed E-state index contributed by atoms with van der Waals surface area (Å²) in [5.41, 5.74) is 1.14. The van der Waals surface area contributed by atoms with E-state index in [4.69, 9.17) is 9.47 Å². The first-order chi connectivity index (χ1) is 18.0. The van der Waals surface area contributed by atoms with E-state index in [0.29, 0.717) is 36.1 Å². The van der Waals surface area contributed by atoms with Crippen molar-refractivity contribution >= 4 is 22.2 Å². The molecule has 1 aliphatic heterocycles. The molecule has 4 heterocycles. The van der Waals surface area contributed by atoms with Crippen LogP contribution < -0.4 is 10.4 Å². The molecule has 9 nitrogen and oxygen atoms in total. The average molecular weight is 510 g/mol. The van der Waals surface area contributed by atoms with Crippen LogP contribution in [0.4, 0.5) is 13.2 Å². The second-order valence-electron chi connectivity index (χ2n) is 8.70. The molecule has 1 aliphatic rings. The van der Waals surface area contributed by atoms with Gasteiger partial charge in [-0.05, 0) is 30.7 Å². The Bertz CT molecular complexity index is 1710. The highest BCUT2D eigenvalue weighted by Crippen LogP contribution is 2.39. The van der Waals surface area contributed by atoms with Crippen LogP contribution in [0, 0.1) is 17.5 Å². The number of ether oxygens (including phenoxy) is 2. The third kappa shape index (κ3) is 3.75.